The maximum Gasteiger partial charge on any atom is 0.266 e. The van der Waals surface area contributed by atoms with Gasteiger partial charge in [-0.15, -0.1) is 0 Å². The van der Waals surface area contributed by atoms with E-state index >= 15 is 0 Å². The van der Waals surface area contributed by atoms with Gasteiger partial charge < -0.3 is 9.80 Å². The van der Waals surface area contributed by atoms with Gasteiger partial charge in [0.05, 0.1) is 5.69 Å². The lowest BCUT2D eigenvalue weighted by atomic mass is 9.92. The number of aromatic nitrogens is 2. The van der Waals surface area contributed by atoms with Crippen molar-refractivity contribution in [2.45, 2.75) is 58.4 Å². The van der Waals surface area contributed by atoms with E-state index in [9.17, 15) is 4.79 Å². The number of hydrogen-bond donors (Lipinski definition) is 0. The first-order valence-corrected chi connectivity index (χ1v) is 9.95. The van der Waals surface area contributed by atoms with Crippen LogP contribution in [0.15, 0.2) is 16.9 Å². The van der Waals surface area contributed by atoms with Crippen LogP contribution in [0.4, 0.5) is 0 Å². The summed E-state index contributed by atoms with van der Waals surface area (Å²) in [4.78, 5) is 17.4. The van der Waals surface area contributed by atoms with Crippen LogP contribution in [0.25, 0.3) is 0 Å². The molecule has 2 aliphatic rings. The van der Waals surface area contributed by atoms with Crippen molar-refractivity contribution >= 4 is 0 Å². The van der Waals surface area contributed by atoms with Crippen molar-refractivity contribution in [1.29, 1.82) is 0 Å². The van der Waals surface area contributed by atoms with Gasteiger partial charge in [0.25, 0.3) is 5.56 Å². The molecule has 2 saturated heterocycles. The van der Waals surface area contributed by atoms with Crippen molar-refractivity contribution in [3.05, 3.63) is 28.2 Å². The summed E-state index contributed by atoms with van der Waals surface area (Å²) in [6.45, 7) is 14.5. The number of piperidine rings is 1. The van der Waals surface area contributed by atoms with E-state index in [1.54, 1.807) is 10.7 Å². The molecule has 0 amide bonds. The van der Waals surface area contributed by atoms with Gasteiger partial charge in [0.15, 0.2) is 0 Å². The van der Waals surface area contributed by atoms with E-state index in [2.05, 4.69) is 35.7 Å². The molecule has 0 aliphatic carbocycles. The molecule has 25 heavy (non-hydrogen) atoms. The van der Waals surface area contributed by atoms with Crippen LogP contribution in [0.3, 0.4) is 0 Å². The summed E-state index contributed by atoms with van der Waals surface area (Å²) in [6, 6.07) is 3.55. The third-order valence-corrected chi connectivity index (χ3v) is 5.70. The molecule has 0 radical (unpaired) electrons. The molecule has 5 nitrogen and oxygen atoms in total. The first kappa shape index (κ1) is 18.6. The molecular weight excluding hydrogens is 312 g/mol. The number of rotatable bonds is 5. The van der Waals surface area contributed by atoms with Gasteiger partial charge in [-0.2, -0.15) is 5.10 Å². The Hall–Kier alpha value is -1.20. The minimum atomic E-state index is -0.0195. The second-order valence-corrected chi connectivity index (χ2v) is 8.82. The fourth-order valence-corrected chi connectivity index (χ4v) is 3.91. The molecule has 2 aliphatic heterocycles. The average Bonchev–Trinajstić information content (AvgIpc) is 3.09. The predicted molar refractivity (Wildman–Crippen MR) is 102 cm³/mol. The van der Waals surface area contributed by atoms with Crippen molar-refractivity contribution in [2.24, 2.45) is 5.92 Å². The predicted octanol–water partition coefficient (Wildman–Crippen LogP) is 2.35. The highest BCUT2D eigenvalue weighted by Crippen LogP contribution is 2.21. The fraction of sp³-hybridized carbons (Fsp3) is 0.800. The summed E-state index contributed by atoms with van der Waals surface area (Å²) in [5, 5.41) is 4.63. The van der Waals surface area contributed by atoms with Crippen molar-refractivity contribution in [3.8, 4) is 0 Å². The topological polar surface area (TPSA) is 41.4 Å². The molecule has 0 spiro atoms. The van der Waals surface area contributed by atoms with Gasteiger partial charge in [0.1, 0.15) is 0 Å². The summed E-state index contributed by atoms with van der Waals surface area (Å²) < 4.78 is 1.70. The Kier molecular flexibility index (Phi) is 5.95. The van der Waals surface area contributed by atoms with E-state index in [0.717, 1.165) is 25.3 Å². The lowest BCUT2D eigenvalue weighted by molar-refractivity contribution is 0.153. The van der Waals surface area contributed by atoms with Crippen LogP contribution >= 0.6 is 0 Å². The Morgan fingerprint density at radius 2 is 1.60 bits per heavy atom. The van der Waals surface area contributed by atoms with Crippen LogP contribution in [0, 0.1) is 5.92 Å². The Bertz CT molecular complexity index is 605. The van der Waals surface area contributed by atoms with Gasteiger partial charge >= 0.3 is 0 Å². The van der Waals surface area contributed by atoms with Gasteiger partial charge in [-0.3, -0.25) is 4.79 Å². The largest absolute Gasteiger partial charge is 0.302 e. The Morgan fingerprint density at radius 1 is 1.00 bits per heavy atom. The maximum atomic E-state index is 12.2. The molecule has 0 bridgehead atoms. The highest BCUT2D eigenvalue weighted by Gasteiger charge is 2.22. The van der Waals surface area contributed by atoms with Crippen molar-refractivity contribution in [2.75, 3.05) is 39.3 Å². The number of nitrogens with zero attached hydrogens (tertiary/aromatic N) is 4. The van der Waals surface area contributed by atoms with Crippen LogP contribution in [0.1, 0.15) is 52.1 Å². The molecule has 2 fully saturated rings. The molecule has 0 N–H and O–H groups in total. The third-order valence-electron chi connectivity index (χ3n) is 5.70. The second kappa shape index (κ2) is 8.00. The van der Waals surface area contributed by atoms with Crippen molar-refractivity contribution in [3.63, 3.8) is 0 Å². The SMILES string of the molecule is CC(C)(C)c1ccc(=O)n(CC2CCN(CCN3CCCC3)CC2)n1. The normalized spacial score (nSPS) is 21.1. The average molecular weight is 347 g/mol. The van der Waals surface area contributed by atoms with E-state index in [-0.39, 0.29) is 11.0 Å². The van der Waals surface area contributed by atoms with Gasteiger partial charge in [-0.25, -0.2) is 4.68 Å². The summed E-state index contributed by atoms with van der Waals surface area (Å²) in [5.74, 6) is 0.573. The third kappa shape index (κ3) is 5.14. The van der Waals surface area contributed by atoms with E-state index in [1.165, 1.54) is 51.9 Å². The first-order valence-electron chi connectivity index (χ1n) is 9.95. The molecule has 1 aromatic rings. The van der Waals surface area contributed by atoms with Gasteiger partial charge in [0.2, 0.25) is 0 Å². The van der Waals surface area contributed by atoms with Crippen LogP contribution in [-0.2, 0) is 12.0 Å². The zero-order valence-electron chi connectivity index (χ0n) is 16.2. The van der Waals surface area contributed by atoms with E-state index in [4.69, 9.17) is 0 Å². The number of likely N-dealkylation sites (tertiary alicyclic amines) is 2. The minimum absolute atomic E-state index is 0.0195. The van der Waals surface area contributed by atoms with Crippen LogP contribution in [0.5, 0.6) is 0 Å². The van der Waals surface area contributed by atoms with Crippen molar-refractivity contribution < 1.29 is 0 Å². The van der Waals surface area contributed by atoms with E-state index in [0.29, 0.717) is 5.92 Å². The lowest BCUT2D eigenvalue weighted by Gasteiger charge is -2.33. The van der Waals surface area contributed by atoms with Crippen LogP contribution < -0.4 is 5.56 Å². The standard InChI is InChI=1S/C20H34N4O/c1-20(2,3)18-6-7-19(25)24(21-18)16-17-8-12-23(13-9-17)15-14-22-10-4-5-11-22/h6-7,17H,4-5,8-16H2,1-3H3. The fourth-order valence-electron chi connectivity index (χ4n) is 3.91. The summed E-state index contributed by atoms with van der Waals surface area (Å²) >= 11 is 0. The highest BCUT2D eigenvalue weighted by atomic mass is 16.1. The van der Waals surface area contributed by atoms with E-state index in [1.807, 2.05) is 6.07 Å². The molecule has 0 saturated carbocycles. The molecule has 3 heterocycles. The first-order chi connectivity index (χ1) is 11.9. The maximum absolute atomic E-state index is 12.2. The van der Waals surface area contributed by atoms with Crippen LogP contribution in [0.2, 0.25) is 0 Å². The summed E-state index contributed by atoms with van der Waals surface area (Å²) in [6.07, 6.45) is 5.09. The lowest BCUT2D eigenvalue weighted by Crippen LogP contribution is -2.40. The van der Waals surface area contributed by atoms with Gasteiger partial charge in [0, 0.05) is 31.1 Å². The highest BCUT2D eigenvalue weighted by molar-refractivity contribution is 5.10. The molecule has 140 valence electrons. The zero-order valence-corrected chi connectivity index (χ0v) is 16.2. The minimum Gasteiger partial charge on any atom is -0.302 e. The molecule has 5 heteroatoms. The Labute approximate surface area is 152 Å². The van der Waals surface area contributed by atoms with Crippen LogP contribution in [-0.4, -0.2) is 58.8 Å². The van der Waals surface area contributed by atoms with Gasteiger partial charge in [-0.05, 0) is 63.8 Å². The summed E-state index contributed by atoms with van der Waals surface area (Å²) in [7, 11) is 0. The van der Waals surface area contributed by atoms with Gasteiger partial charge in [-0.1, -0.05) is 20.8 Å². The van der Waals surface area contributed by atoms with E-state index < -0.39 is 0 Å². The Balaban J connectivity index is 1.49. The molecule has 3 rings (SSSR count). The smallest absolute Gasteiger partial charge is 0.266 e. The zero-order chi connectivity index (χ0) is 17.9. The molecule has 0 unspecified atom stereocenters. The molecule has 0 aromatic carbocycles. The van der Waals surface area contributed by atoms with Crippen molar-refractivity contribution in [1.82, 2.24) is 19.6 Å². The quantitative estimate of drug-likeness (QED) is 0.821. The molecule has 1 aromatic heterocycles. The summed E-state index contributed by atoms with van der Waals surface area (Å²) in [5.41, 5.74) is 1.01. The molecule has 0 atom stereocenters. The Morgan fingerprint density at radius 3 is 2.20 bits per heavy atom. The molecular formula is C20H34N4O. The number of hydrogen-bond acceptors (Lipinski definition) is 4. The monoisotopic (exact) mass is 346 g/mol. The second-order valence-electron chi connectivity index (χ2n) is 8.82.